The third-order valence-corrected chi connectivity index (χ3v) is 5.58. The van der Waals surface area contributed by atoms with Crippen LogP contribution in [0.4, 0.5) is 0 Å². The van der Waals surface area contributed by atoms with Crippen molar-refractivity contribution in [1.82, 2.24) is 4.72 Å². The van der Waals surface area contributed by atoms with Gasteiger partial charge in [-0.2, -0.15) is 0 Å². The standard InChI is InChI=1S/C13H16BrNO4S/c14-10-3-1-4-11(7-10)20(18,19)15-9-13(5-2-6-13)8-12(16)17/h1,3-4,7,15H,2,5-6,8-9H2,(H,16,17). The lowest BCUT2D eigenvalue weighted by atomic mass is 9.67. The largest absolute Gasteiger partial charge is 0.481 e. The molecule has 7 heteroatoms. The Hall–Kier alpha value is -0.920. The number of carboxylic acid groups (broad SMARTS) is 1. The number of carboxylic acids is 1. The third-order valence-electron chi connectivity index (χ3n) is 3.68. The summed E-state index contributed by atoms with van der Waals surface area (Å²) in [7, 11) is -3.60. The minimum Gasteiger partial charge on any atom is -0.481 e. The van der Waals surface area contributed by atoms with Crippen molar-refractivity contribution >= 4 is 31.9 Å². The minimum absolute atomic E-state index is 0.00794. The zero-order chi connectivity index (χ0) is 14.8. The van der Waals surface area contributed by atoms with Crippen molar-refractivity contribution in [3.8, 4) is 0 Å². The second-order valence-corrected chi connectivity index (χ2v) is 7.89. The van der Waals surface area contributed by atoms with Crippen molar-refractivity contribution in [1.29, 1.82) is 0 Å². The highest BCUT2D eigenvalue weighted by molar-refractivity contribution is 9.10. The molecule has 0 heterocycles. The topological polar surface area (TPSA) is 83.5 Å². The van der Waals surface area contributed by atoms with Crippen molar-refractivity contribution in [2.75, 3.05) is 6.54 Å². The predicted octanol–water partition coefficient (Wildman–Crippen LogP) is 2.37. The Morgan fingerprint density at radius 1 is 1.40 bits per heavy atom. The molecule has 0 saturated heterocycles. The van der Waals surface area contributed by atoms with Gasteiger partial charge in [-0.05, 0) is 36.5 Å². The van der Waals surface area contributed by atoms with E-state index in [1.54, 1.807) is 12.1 Å². The number of rotatable bonds is 6. The van der Waals surface area contributed by atoms with Crippen LogP contribution in [-0.2, 0) is 14.8 Å². The van der Waals surface area contributed by atoms with Crippen LogP contribution in [0.1, 0.15) is 25.7 Å². The van der Waals surface area contributed by atoms with Crippen LogP contribution in [-0.4, -0.2) is 26.0 Å². The highest BCUT2D eigenvalue weighted by Gasteiger charge is 2.39. The van der Waals surface area contributed by atoms with Crippen LogP contribution in [0.5, 0.6) is 0 Å². The summed E-state index contributed by atoms with van der Waals surface area (Å²) in [6.07, 6.45) is 2.46. The fourth-order valence-electron chi connectivity index (χ4n) is 2.38. The van der Waals surface area contributed by atoms with Crippen molar-refractivity contribution in [3.63, 3.8) is 0 Å². The fraction of sp³-hybridized carbons (Fsp3) is 0.462. The van der Waals surface area contributed by atoms with Crippen LogP contribution in [0.3, 0.4) is 0 Å². The van der Waals surface area contributed by atoms with E-state index in [9.17, 15) is 13.2 Å². The maximum Gasteiger partial charge on any atom is 0.303 e. The van der Waals surface area contributed by atoms with E-state index in [1.165, 1.54) is 12.1 Å². The quantitative estimate of drug-likeness (QED) is 0.814. The summed E-state index contributed by atoms with van der Waals surface area (Å²) in [6.45, 7) is 0.175. The van der Waals surface area contributed by atoms with Crippen LogP contribution < -0.4 is 4.72 Å². The highest BCUT2D eigenvalue weighted by atomic mass is 79.9. The summed E-state index contributed by atoms with van der Waals surface area (Å²) in [6, 6.07) is 6.43. The van der Waals surface area contributed by atoms with E-state index in [0.29, 0.717) is 4.47 Å². The first-order chi connectivity index (χ1) is 9.33. The Morgan fingerprint density at radius 3 is 2.60 bits per heavy atom. The van der Waals surface area contributed by atoms with E-state index in [0.717, 1.165) is 19.3 Å². The molecular weight excluding hydrogens is 346 g/mol. The number of aliphatic carboxylic acids is 1. The smallest absolute Gasteiger partial charge is 0.303 e. The van der Waals surface area contributed by atoms with Gasteiger partial charge in [0, 0.05) is 11.0 Å². The van der Waals surface area contributed by atoms with E-state index in [4.69, 9.17) is 5.11 Å². The minimum atomic E-state index is -3.60. The molecule has 0 radical (unpaired) electrons. The van der Waals surface area contributed by atoms with Gasteiger partial charge in [0.1, 0.15) is 0 Å². The van der Waals surface area contributed by atoms with Gasteiger partial charge in [0.05, 0.1) is 11.3 Å². The predicted molar refractivity (Wildman–Crippen MR) is 77.9 cm³/mol. The molecule has 0 spiro atoms. The van der Waals surface area contributed by atoms with Crippen LogP contribution in [0.15, 0.2) is 33.6 Å². The van der Waals surface area contributed by atoms with Crippen LogP contribution in [0.2, 0.25) is 0 Å². The van der Waals surface area contributed by atoms with E-state index in [1.807, 2.05) is 0 Å². The lowest BCUT2D eigenvalue weighted by molar-refractivity contribution is -0.141. The van der Waals surface area contributed by atoms with Crippen molar-refractivity contribution in [2.24, 2.45) is 5.41 Å². The lowest BCUT2D eigenvalue weighted by Crippen LogP contribution is -2.43. The number of halogens is 1. The van der Waals surface area contributed by atoms with E-state index < -0.39 is 21.4 Å². The summed E-state index contributed by atoms with van der Waals surface area (Å²) >= 11 is 3.23. The van der Waals surface area contributed by atoms with Gasteiger partial charge in [0.2, 0.25) is 10.0 Å². The second kappa shape index (κ2) is 5.83. The summed E-state index contributed by atoms with van der Waals surface area (Å²) in [4.78, 5) is 11.0. The first-order valence-electron chi connectivity index (χ1n) is 6.30. The van der Waals surface area contributed by atoms with Gasteiger partial charge in [0.25, 0.3) is 0 Å². The Labute approximate surface area is 126 Å². The SMILES string of the molecule is O=C(O)CC1(CNS(=O)(=O)c2cccc(Br)c2)CCC1. The fourth-order valence-corrected chi connectivity index (χ4v) is 4.13. The molecule has 20 heavy (non-hydrogen) atoms. The molecule has 1 aliphatic carbocycles. The molecule has 1 aromatic rings. The molecule has 1 aliphatic rings. The maximum absolute atomic E-state index is 12.2. The van der Waals surface area contributed by atoms with E-state index in [-0.39, 0.29) is 17.9 Å². The first kappa shape index (κ1) is 15.5. The summed E-state index contributed by atoms with van der Waals surface area (Å²) in [5.41, 5.74) is -0.426. The highest BCUT2D eigenvalue weighted by Crippen LogP contribution is 2.43. The third kappa shape index (κ3) is 3.59. The summed E-state index contributed by atoms with van der Waals surface area (Å²) < 4.78 is 27.6. The molecule has 0 bridgehead atoms. The average molecular weight is 362 g/mol. The van der Waals surface area contributed by atoms with Gasteiger partial charge in [-0.3, -0.25) is 4.79 Å². The van der Waals surface area contributed by atoms with Gasteiger partial charge in [-0.15, -0.1) is 0 Å². The molecular formula is C13H16BrNO4S. The number of carbonyl (C=O) groups is 1. The van der Waals surface area contributed by atoms with E-state index >= 15 is 0 Å². The number of nitrogens with one attached hydrogen (secondary N) is 1. The Balaban J connectivity index is 2.07. The molecule has 0 aliphatic heterocycles. The van der Waals surface area contributed by atoms with Crippen molar-refractivity contribution in [2.45, 2.75) is 30.6 Å². The molecule has 2 rings (SSSR count). The molecule has 1 fully saturated rings. The molecule has 1 saturated carbocycles. The second-order valence-electron chi connectivity index (χ2n) is 5.21. The maximum atomic E-state index is 12.2. The van der Waals surface area contributed by atoms with Crippen molar-refractivity contribution < 1.29 is 18.3 Å². The Kier molecular flexibility index (Phi) is 4.51. The van der Waals surface area contributed by atoms with Crippen LogP contribution in [0, 0.1) is 5.41 Å². The molecule has 2 N–H and O–H groups in total. The summed E-state index contributed by atoms with van der Waals surface area (Å²) in [5, 5.41) is 8.91. The molecule has 0 amide bonds. The molecule has 1 aromatic carbocycles. The molecule has 5 nitrogen and oxygen atoms in total. The summed E-state index contributed by atoms with van der Waals surface area (Å²) in [5.74, 6) is -0.883. The number of hydrogen-bond acceptors (Lipinski definition) is 3. The van der Waals surface area contributed by atoms with Gasteiger partial charge in [0.15, 0.2) is 0 Å². The number of hydrogen-bond donors (Lipinski definition) is 2. The molecule has 0 aromatic heterocycles. The van der Waals surface area contributed by atoms with Crippen molar-refractivity contribution in [3.05, 3.63) is 28.7 Å². The van der Waals surface area contributed by atoms with Gasteiger partial charge >= 0.3 is 5.97 Å². The van der Waals surface area contributed by atoms with Crippen LogP contribution >= 0.6 is 15.9 Å². The van der Waals surface area contributed by atoms with Gasteiger partial charge in [-0.1, -0.05) is 28.4 Å². The zero-order valence-electron chi connectivity index (χ0n) is 10.8. The monoisotopic (exact) mass is 361 g/mol. The Bertz CT molecular complexity index is 611. The zero-order valence-corrected chi connectivity index (χ0v) is 13.2. The average Bonchev–Trinajstić information content (AvgIpc) is 2.32. The Morgan fingerprint density at radius 2 is 2.10 bits per heavy atom. The van der Waals surface area contributed by atoms with Gasteiger partial charge < -0.3 is 5.11 Å². The van der Waals surface area contributed by atoms with E-state index in [2.05, 4.69) is 20.7 Å². The molecule has 110 valence electrons. The first-order valence-corrected chi connectivity index (χ1v) is 8.58. The lowest BCUT2D eigenvalue weighted by Gasteiger charge is -2.40. The number of benzene rings is 1. The molecule has 0 atom stereocenters. The number of sulfonamides is 1. The van der Waals surface area contributed by atoms with Crippen LogP contribution in [0.25, 0.3) is 0 Å². The molecule has 0 unspecified atom stereocenters. The van der Waals surface area contributed by atoms with Gasteiger partial charge in [-0.25, -0.2) is 13.1 Å². The normalized spacial score (nSPS) is 17.4.